The number of pyridine rings is 1. The maximum absolute atomic E-state index is 11.6. The van der Waals surface area contributed by atoms with E-state index in [-0.39, 0.29) is 5.91 Å². The molecule has 112 valence electrons. The molecule has 4 nitrogen and oxygen atoms in total. The number of nitrogens with one attached hydrogen (secondary N) is 1. The fourth-order valence-corrected chi connectivity index (χ4v) is 3.06. The van der Waals surface area contributed by atoms with Crippen molar-refractivity contribution in [2.75, 3.05) is 6.54 Å². The van der Waals surface area contributed by atoms with Crippen LogP contribution in [-0.2, 0) is 11.2 Å². The molecule has 2 rings (SSSR count). The molecule has 0 aliphatic heterocycles. The molecule has 0 aliphatic carbocycles. The molecule has 0 saturated carbocycles. The SMILES string of the molecule is Cc1nc(-c2ccccn2)sc1CCNC(=O)CC(C)C. The van der Waals surface area contributed by atoms with Gasteiger partial charge in [0, 0.05) is 30.5 Å². The van der Waals surface area contributed by atoms with E-state index in [1.165, 1.54) is 4.88 Å². The lowest BCUT2D eigenvalue weighted by Crippen LogP contribution is -2.26. The summed E-state index contributed by atoms with van der Waals surface area (Å²) in [7, 11) is 0. The topological polar surface area (TPSA) is 54.9 Å². The molecule has 0 radical (unpaired) electrons. The van der Waals surface area contributed by atoms with Gasteiger partial charge in [0.25, 0.3) is 0 Å². The Morgan fingerprint density at radius 2 is 2.19 bits per heavy atom. The zero-order valence-electron chi connectivity index (χ0n) is 12.7. The van der Waals surface area contributed by atoms with Gasteiger partial charge in [0.15, 0.2) is 0 Å². The van der Waals surface area contributed by atoms with Crippen LogP contribution in [0.15, 0.2) is 24.4 Å². The third kappa shape index (κ3) is 4.63. The molecule has 0 bridgehead atoms. The Morgan fingerprint density at radius 3 is 2.86 bits per heavy atom. The molecule has 0 aromatic carbocycles. The van der Waals surface area contributed by atoms with Gasteiger partial charge in [0.1, 0.15) is 5.01 Å². The average molecular weight is 303 g/mol. The van der Waals surface area contributed by atoms with E-state index >= 15 is 0 Å². The van der Waals surface area contributed by atoms with Crippen molar-refractivity contribution in [1.82, 2.24) is 15.3 Å². The molecular formula is C16H21N3OS. The van der Waals surface area contributed by atoms with Crippen LogP contribution >= 0.6 is 11.3 Å². The van der Waals surface area contributed by atoms with E-state index in [0.717, 1.165) is 22.8 Å². The highest BCUT2D eigenvalue weighted by Gasteiger charge is 2.10. The molecule has 5 heteroatoms. The summed E-state index contributed by atoms with van der Waals surface area (Å²) in [6, 6.07) is 5.83. The molecular weight excluding hydrogens is 282 g/mol. The zero-order chi connectivity index (χ0) is 15.2. The van der Waals surface area contributed by atoms with Crippen LogP contribution in [0.3, 0.4) is 0 Å². The first-order chi connectivity index (χ1) is 10.1. The van der Waals surface area contributed by atoms with Crippen molar-refractivity contribution < 1.29 is 4.79 Å². The maximum atomic E-state index is 11.6. The first kappa shape index (κ1) is 15.6. The Balaban J connectivity index is 1.93. The summed E-state index contributed by atoms with van der Waals surface area (Å²) in [6.07, 6.45) is 3.18. The van der Waals surface area contributed by atoms with E-state index in [1.807, 2.05) is 39.0 Å². The van der Waals surface area contributed by atoms with Gasteiger partial charge in [-0.05, 0) is 25.0 Å². The quantitative estimate of drug-likeness (QED) is 0.891. The van der Waals surface area contributed by atoms with Crippen molar-refractivity contribution in [1.29, 1.82) is 0 Å². The minimum Gasteiger partial charge on any atom is -0.356 e. The van der Waals surface area contributed by atoms with Crippen LogP contribution in [0, 0.1) is 12.8 Å². The number of carbonyl (C=O) groups excluding carboxylic acids is 1. The first-order valence-corrected chi connectivity index (χ1v) is 8.02. The number of carbonyl (C=O) groups is 1. The summed E-state index contributed by atoms with van der Waals surface area (Å²) < 4.78 is 0. The number of aromatic nitrogens is 2. The number of hydrogen-bond donors (Lipinski definition) is 1. The van der Waals surface area contributed by atoms with Crippen molar-refractivity contribution in [2.24, 2.45) is 5.92 Å². The van der Waals surface area contributed by atoms with Crippen molar-refractivity contribution in [3.63, 3.8) is 0 Å². The summed E-state index contributed by atoms with van der Waals surface area (Å²) in [5.74, 6) is 0.517. The number of aryl methyl sites for hydroxylation is 1. The van der Waals surface area contributed by atoms with Crippen molar-refractivity contribution >= 4 is 17.2 Å². The van der Waals surface area contributed by atoms with Gasteiger partial charge in [-0.25, -0.2) is 4.98 Å². The molecule has 1 N–H and O–H groups in total. The molecule has 2 heterocycles. The lowest BCUT2D eigenvalue weighted by atomic mass is 10.1. The third-order valence-corrected chi connectivity index (χ3v) is 4.28. The second-order valence-corrected chi connectivity index (χ2v) is 6.52. The molecule has 2 aromatic rings. The lowest BCUT2D eigenvalue weighted by molar-refractivity contribution is -0.121. The second-order valence-electron chi connectivity index (χ2n) is 5.44. The maximum Gasteiger partial charge on any atom is 0.220 e. The number of nitrogens with zero attached hydrogens (tertiary/aromatic N) is 2. The lowest BCUT2D eigenvalue weighted by Gasteiger charge is -2.06. The Morgan fingerprint density at radius 1 is 1.38 bits per heavy atom. The van der Waals surface area contributed by atoms with Crippen LogP contribution in [0.5, 0.6) is 0 Å². The van der Waals surface area contributed by atoms with E-state index in [0.29, 0.717) is 18.9 Å². The molecule has 0 saturated heterocycles. The average Bonchev–Trinajstić information content (AvgIpc) is 2.80. The molecule has 0 fully saturated rings. The molecule has 0 atom stereocenters. The molecule has 21 heavy (non-hydrogen) atoms. The summed E-state index contributed by atoms with van der Waals surface area (Å²) in [5.41, 5.74) is 1.93. The Hall–Kier alpha value is -1.75. The third-order valence-electron chi connectivity index (χ3n) is 3.04. The predicted molar refractivity (Wildman–Crippen MR) is 86.3 cm³/mol. The minimum atomic E-state index is 0.122. The standard InChI is InChI=1S/C16H21N3OS/c1-11(2)10-15(20)18-9-7-14-12(3)19-16(21-14)13-6-4-5-8-17-13/h4-6,8,11H,7,9-10H2,1-3H3,(H,18,20). The van der Waals surface area contributed by atoms with E-state index in [2.05, 4.69) is 15.3 Å². The number of hydrogen-bond acceptors (Lipinski definition) is 4. The Labute approximate surface area is 129 Å². The van der Waals surface area contributed by atoms with Crippen molar-refractivity contribution in [2.45, 2.75) is 33.6 Å². The summed E-state index contributed by atoms with van der Waals surface area (Å²) >= 11 is 1.65. The molecule has 0 spiro atoms. The van der Waals surface area contributed by atoms with Crippen LogP contribution in [0.4, 0.5) is 0 Å². The van der Waals surface area contributed by atoms with Gasteiger partial charge in [0.05, 0.1) is 11.4 Å². The van der Waals surface area contributed by atoms with Gasteiger partial charge in [-0.3, -0.25) is 9.78 Å². The first-order valence-electron chi connectivity index (χ1n) is 7.20. The van der Waals surface area contributed by atoms with Gasteiger partial charge in [-0.15, -0.1) is 11.3 Å². The highest BCUT2D eigenvalue weighted by molar-refractivity contribution is 7.15. The van der Waals surface area contributed by atoms with Crippen LogP contribution in [0.2, 0.25) is 0 Å². The predicted octanol–water partition coefficient (Wildman–Crippen LogP) is 3.22. The van der Waals surface area contributed by atoms with Gasteiger partial charge in [-0.1, -0.05) is 19.9 Å². The van der Waals surface area contributed by atoms with E-state index in [1.54, 1.807) is 17.5 Å². The largest absolute Gasteiger partial charge is 0.356 e. The molecule has 1 amide bonds. The van der Waals surface area contributed by atoms with Gasteiger partial charge >= 0.3 is 0 Å². The molecule has 2 aromatic heterocycles. The van der Waals surface area contributed by atoms with E-state index < -0.39 is 0 Å². The highest BCUT2D eigenvalue weighted by Crippen LogP contribution is 2.26. The number of thiazole rings is 1. The number of amides is 1. The van der Waals surface area contributed by atoms with Crippen molar-refractivity contribution in [3.8, 4) is 10.7 Å². The van der Waals surface area contributed by atoms with Gasteiger partial charge in [0.2, 0.25) is 5.91 Å². The Bertz CT molecular complexity index is 593. The summed E-state index contributed by atoms with van der Waals surface area (Å²) in [6.45, 7) is 6.77. The summed E-state index contributed by atoms with van der Waals surface area (Å²) in [5, 5.41) is 3.90. The van der Waals surface area contributed by atoms with E-state index in [9.17, 15) is 4.79 Å². The van der Waals surface area contributed by atoms with Crippen LogP contribution < -0.4 is 5.32 Å². The normalized spacial score (nSPS) is 10.9. The van der Waals surface area contributed by atoms with Crippen molar-refractivity contribution in [3.05, 3.63) is 35.0 Å². The Kier molecular flexibility index (Phi) is 5.44. The summed E-state index contributed by atoms with van der Waals surface area (Å²) in [4.78, 5) is 21.7. The minimum absolute atomic E-state index is 0.122. The van der Waals surface area contributed by atoms with Crippen LogP contribution in [0.25, 0.3) is 10.7 Å². The second kappa shape index (κ2) is 7.31. The number of rotatable bonds is 6. The zero-order valence-corrected chi connectivity index (χ0v) is 13.5. The van der Waals surface area contributed by atoms with Gasteiger partial charge < -0.3 is 5.32 Å². The molecule has 0 unspecified atom stereocenters. The fourth-order valence-electron chi connectivity index (χ4n) is 2.02. The highest BCUT2D eigenvalue weighted by atomic mass is 32.1. The fraction of sp³-hybridized carbons (Fsp3) is 0.438. The smallest absolute Gasteiger partial charge is 0.220 e. The van der Waals surface area contributed by atoms with Crippen LogP contribution in [-0.4, -0.2) is 22.4 Å². The van der Waals surface area contributed by atoms with E-state index in [4.69, 9.17) is 0 Å². The molecule has 0 aliphatic rings. The van der Waals surface area contributed by atoms with Crippen LogP contribution in [0.1, 0.15) is 30.8 Å². The van der Waals surface area contributed by atoms with Gasteiger partial charge in [-0.2, -0.15) is 0 Å². The monoisotopic (exact) mass is 303 g/mol.